The Morgan fingerprint density at radius 2 is 1.71 bits per heavy atom. The zero-order valence-corrected chi connectivity index (χ0v) is 16.5. The number of halogens is 1. The number of nitrogens with zero attached hydrogens (tertiary/aromatic N) is 1. The van der Waals surface area contributed by atoms with Crippen molar-refractivity contribution in [1.29, 1.82) is 0 Å². The number of aryl methyl sites for hydroxylation is 2. The van der Waals surface area contributed by atoms with Gasteiger partial charge in [0.05, 0.1) is 0 Å². The maximum atomic E-state index is 13.0. The van der Waals surface area contributed by atoms with Crippen LogP contribution in [-0.4, -0.2) is 36.2 Å². The van der Waals surface area contributed by atoms with E-state index < -0.39 is 0 Å². The Morgan fingerprint density at radius 3 is 2.36 bits per heavy atom. The molecule has 1 aliphatic heterocycles. The molecule has 28 heavy (non-hydrogen) atoms. The number of carbonyl (C=O) groups excluding carboxylic acids is 1. The van der Waals surface area contributed by atoms with E-state index in [-0.39, 0.29) is 24.0 Å². The number of urea groups is 1. The summed E-state index contributed by atoms with van der Waals surface area (Å²) >= 11 is 0. The number of carbonyl (C=O) groups is 1. The van der Waals surface area contributed by atoms with Crippen LogP contribution in [0.3, 0.4) is 0 Å². The first-order chi connectivity index (χ1) is 13.5. The predicted molar refractivity (Wildman–Crippen MR) is 107 cm³/mol. The first-order valence-corrected chi connectivity index (χ1v) is 10.0. The Labute approximate surface area is 165 Å². The largest absolute Gasteiger partial charge is 0.490 e. The van der Waals surface area contributed by atoms with Crippen molar-refractivity contribution in [2.24, 2.45) is 0 Å². The lowest BCUT2D eigenvalue weighted by Gasteiger charge is -2.33. The SMILES string of the molecule is Cc1cccc(C)c1OC1CCN(C(=O)N[C@H]2C[C@H]2c2ccc(F)cc2)CC1. The molecule has 0 unspecified atom stereocenters. The van der Waals surface area contributed by atoms with Gasteiger partial charge in [-0.25, -0.2) is 9.18 Å². The van der Waals surface area contributed by atoms with E-state index in [9.17, 15) is 9.18 Å². The van der Waals surface area contributed by atoms with Crippen LogP contribution in [0.5, 0.6) is 5.75 Å². The monoisotopic (exact) mass is 382 g/mol. The molecule has 1 aliphatic carbocycles. The fourth-order valence-corrected chi connectivity index (χ4v) is 4.01. The van der Waals surface area contributed by atoms with Gasteiger partial charge < -0.3 is 15.0 Å². The number of likely N-dealkylation sites (tertiary alicyclic amines) is 1. The van der Waals surface area contributed by atoms with Gasteiger partial charge in [0, 0.05) is 37.9 Å². The molecule has 2 aromatic rings. The number of hydrogen-bond donors (Lipinski definition) is 1. The molecule has 2 aliphatic rings. The van der Waals surface area contributed by atoms with Gasteiger partial charge in [-0.2, -0.15) is 0 Å². The minimum Gasteiger partial charge on any atom is -0.490 e. The fourth-order valence-electron chi connectivity index (χ4n) is 4.01. The van der Waals surface area contributed by atoms with E-state index >= 15 is 0 Å². The van der Waals surface area contributed by atoms with Gasteiger partial charge in [0.25, 0.3) is 0 Å². The number of amides is 2. The summed E-state index contributed by atoms with van der Waals surface area (Å²) in [5.74, 6) is 1.05. The molecule has 4 nitrogen and oxygen atoms in total. The van der Waals surface area contributed by atoms with Gasteiger partial charge >= 0.3 is 6.03 Å². The Bertz CT molecular complexity index is 824. The molecule has 5 heteroatoms. The zero-order chi connectivity index (χ0) is 19.7. The lowest BCUT2D eigenvalue weighted by molar-refractivity contribution is 0.110. The normalized spacial score (nSPS) is 22.0. The van der Waals surface area contributed by atoms with Gasteiger partial charge in [0.1, 0.15) is 17.7 Å². The van der Waals surface area contributed by atoms with Crippen LogP contribution in [0.4, 0.5) is 9.18 Å². The molecule has 1 heterocycles. The summed E-state index contributed by atoms with van der Waals surface area (Å²) in [7, 11) is 0. The highest BCUT2D eigenvalue weighted by atomic mass is 19.1. The standard InChI is InChI=1S/C23H27FN2O2/c1-15-4-3-5-16(2)22(15)28-19-10-12-26(13-11-19)23(27)25-21-14-20(21)17-6-8-18(24)9-7-17/h3-9,19-21H,10-14H2,1-2H3,(H,25,27)/t20-,21-/m0/s1. The number of ether oxygens (including phenoxy) is 1. The minimum atomic E-state index is -0.226. The zero-order valence-electron chi connectivity index (χ0n) is 16.5. The summed E-state index contributed by atoms with van der Waals surface area (Å²) in [5, 5.41) is 3.12. The van der Waals surface area contributed by atoms with E-state index in [4.69, 9.17) is 4.74 Å². The number of benzene rings is 2. The lowest BCUT2D eigenvalue weighted by Crippen LogP contribution is -2.47. The van der Waals surface area contributed by atoms with Crippen molar-refractivity contribution in [2.45, 2.75) is 51.2 Å². The van der Waals surface area contributed by atoms with Crippen molar-refractivity contribution in [2.75, 3.05) is 13.1 Å². The van der Waals surface area contributed by atoms with Crippen LogP contribution in [0.15, 0.2) is 42.5 Å². The van der Waals surface area contributed by atoms with Crippen molar-refractivity contribution in [3.8, 4) is 5.75 Å². The number of para-hydroxylation sites is 1. The van der Waals surface area contributed by atoms with E-state index in [0.717, 1.165) is 41.7 Å². The van der Waals surface area contributed by atoms with Crippen molar-refractivity contribution in [1.82, 2.24) is 10.2 Å². The molecular weight excluding hydrogens is 355 g/mol. The molecule has 2 aromatic carbocycles. The van der Waals surface area contributed by atoms with E-state index in [0.29, 0.717) is 19.0 Å². The van der Waals surface area contributed by atoms with E-state index in [1.54, 1.807) is 0 Å². The number of piperidine rings is 1. The van der Waals surface area contributed by atoms with Crippen LogP contribution in [0.25, 0.3) is 0 Å². The molecule has 0 radical (unpaired) electrons. The molecule has 0 aromatic heterocycles. The summed E-state index contributed by atoms with van der Waals surface area (Å²) in [4.78, 5) is 14.4. The second-order valence-electron chi connectivity index (χ2n) is 7.97. The average Bonchev–Trinajstić information content (AvgIpc) is 3.45. The molecule has 4 rings (SSSR count). The Morgan fingerprint density at radius 1 is 1.07 bits per heavy atom. The molecule has 2 atom stereocenters. The molecule has 1 N–H and O–H groups in total. The molecular formula is C23H27FN2O2. The van der Waals surface area contributed by atoms with Crippen LogP contribution >= 0.6 is 0 Å². The first-order valence-electron chi connectivity index (χ1n) is 10.0. The number of rotatable bonds is 4. The van der Waals surface area contributed by atoms with Crippen molar-refractivity contribution in [3.63, 3.8) is 0 Å². The van der Waals surface area contributed by atoms with Gasteiger partial charge in [-0.3, -0.25) is 0 Å². The van der Waals surface area contributed by atoms with Crippen LogP contribution in [-0.2, 0) is 0 Å². The fraction of sp³-hybridized carbons (Fsp3) is 0.435. The smallest absolute Gasteiger partial charge is 0.317 e. The molecule has 1 saturated heterocycles. The molecule has 2 amide bonds. The van der Waals surface area contributed by atoms with Gasteiger partial charge in [0.15, 0.2) is 0 Å². The van der Waals surface area contributed by atoms with Gasteiger partial charge in [-0.15, -0.1) is 0 Å². The molecule has 1 saturated carbocycles. The minimum absolute atomic E-state index is 0.000124. The summed E-state index contributed by atoms with van der Waals surface area (Å²) in [5.41, 5.74) is 3.40. The first kappa shape index (κ1) is 18.8. The van der Waals surface area contributed by atoms with Crippen molar-refractivity contribution >= 4 is 6.03 Å². The quantitative estimate of drug-likeness (QED) is 0.843. The van der Waals surface area contributed by atoms with Crippen LogP contribution < -0.4 is 10.1 Å². The molecule has 2 fully saturated rings. The summed E-state index contributed by atoms with van der Waals surface area (Å²) in [6.45, 7) is 5.54. The Hall–Kier alpha value is -2.56. The van der Waals surface area contributed by atoms with E-state index in [1.165, 1.54) is 12.1 Å². The second kappa shape index (κ2) is 7.82. The third-order valence-corrected chi connectivity index (χ3v) is 5.82. The Kier molecular flexibility index (Phi) is 5.25. The molecule has 148 valence electrons. The van der Waals surface area contributed by atoms with Gasteiger partial charge in [-0.05, 0) is 49.1 Å². The van der Waals surface area contributed by atoms with Crippen molar-refractivity contribution < 1.29 is 13.9 Å². The van der Waals surface area contributed by atoms with Gasteiger partial charge in [-0.1, -0.05) is 30.3 Å². The summed E-state index contributed by atoms with van der Waals surface area (Å²) < 4.78 is 19.3. The maximum absolute atomic E-state index is 13.0. The summed E-state index contributed by atoms with van der Waals surface area (Å²) in [6, 6.07) is 12.9. The van der Waals surface area contributed by atoms with Crippen molar-refractivity contribution in [3.05, 3.63) is 65.0 Å². The molecule has 0 bridgehead atoms. The van der Waals surface area contributed by atoms with Gasteiger partial charge in [0.2, 0.25) is 0 Å². The summed E-state index contributed by atoms with van der Waals surface area (Å²) in [6.07, 6.45) is 2.75. The highest BCUT2D eigenvalue weighted by Crippen LogP contribution is 2.41. The average molecular weight is 382 g/mol. The number of hydrogen-bond acceptors (Lipinski definition) is 2. The maximum Gasteiger partial charge on any atom is 0.317 e. The highest BCUT2D eigenvalue weighted by Gasteiger charge is 2.40. The topological polar surface area (TPSA) is 41.6 Å². The van der Waals surface area contributed by atoms with Crippen LogP contribution in [0.1, 0.15) is 41.9 Å². The van der Waals surface area contributed by atoms with E-state index in [2.05, 4.69) is 31.3 Å². The lowest BCUT2D eigenvalue weighted by atomic mass is 10.1. The van der Waals surface area contributed by atoms with Crippen LogP contribution in [0.2, 0.25) is 0 Å². The molecule has 0 spiro atoms. The number of nitrogens with one attached hydrogen (secondary N) is 1. The highest BCUT2D eigenvalue weighted by molar-refractivity contribution is 5.75. The second-order valence-corrected chi connectivity index (χ2v) is 7.97. The third-order valence-electron chi connectivity index (χ3n) is 5.82. The van der Waals surface area contributed by atoms with E-state index in [1.807, 2.05) is 23.1 Å². The third kappa shape index (κ3) is 4.13. The Balaban J connectivity index is 1.25. The predicted octanol–water partition coefficient (Wildman–Crippen LogP) is 4.55. The van der Waals surface area contributed by atoms with Crippen LogP contribution in [0, 0.1) is 19.7 Å².